The molecule has 4 aromatic carbocycles. The van der Waals surface area contributed by atoms with E-state index in [1.807, 2.05) is 62.5 Å². The second kappa shape index (κ2) is 12.1. The summed E-state index contributed by atoms with van der Waals surface area (Å²) in [5.74, 6) is -1.47. The van der Waals surface area contributed by atoms with Gasteiger partial charge in [-0.15, -0.1) is 0 Å². The Morgan fingerprint density at radius 3 is 2.54 bits per heavy atom. The van der Waals surface area contributed by atoms with Crippen LogP contribution in [-0.4, -0.2) is 50.3 Å². The molecule has 7 aromatic rings. The molecule has 1 spiro atoms. The van der Waals surface area contributed by atoms with E-state index in [0.29, 0.717) is 28.4 Å². The molecule has 11 rings (SSSR count). The molecular formula is C44H33F3N6O6. The van der Waals surface area contributed by atoms with Crippen molar-refractivity contribution < 1.29 is 41.4 Å². The van der Waals surface area contributed by atoms with Crippen molar-refractivity contribution >= 4 is 28.4 Å². The van der Waals surface area contributed by atoms with Crippen LogP contribution in [0.3, 0.4) is 0 Å². The van der Waals surface area contributed by atoms with Crippen molar-refractivity contribution in [3.05, 3.63) is 131 Å². The third-order valence-corrected chi connectivity index (χ3v) is 12.1. The van der Waals surface area contributed by atoms with Gasteiger partial charge in [-0.1, -0.05) is 86.6 Å². The third kappa shape index (κ3) is 4.75. The lowest BCUT2D eigenvalue weighted by molar-refractivity contribution is -0.257. The maximum Gasteiger partial charge on any atom is 0.430 e. The minimum absolute atomic E-state index is 0.0735. The zero-order valence-electron chi connectivity index (χ0n) is 31.3. The van der Waals surface area contributed by atoms with Gasteiger partial charge >= 0.3 is 6.18 Å². The molecule has 59 heavy (non-hydrogen) atoms. The number of ether oxygens (including phenoxy) is 1. The minimum Gasteiger partial charge on any atom is -0.469 e. The van der Waals surface area contributed by atoms with Gasteiger partial charge in [0.25, 0.3) is 11.5 Å². The summed E-state index contributed by atoms with van der Waals surface area (Å²) in [6, 6.07) is 20.7. The number of alkyl halides is 3. The van der Waals surface area contributed by atoms with E-state index >= 15 is 0 Å². The van der Waals surface area contributed by atoms with Crippen molar-refractivity contribution in [1.29, 1.82) is 0 Å². The number of aromatic amines is 1. The molecule has 0 aliphatic carbocycles. The second-order valence-corrected chi connectivity index (χ2v) is 15.7. The first kappa shape index (κ1) is 35.3. The van der Waals surface area contributed by atoms with Crippen LogP contribution in [-0.2, 0) is 27.0 Å². The van der Waals surface area contributed by atoms with Gasteiger partial charge in [-0.2, -0.15) is 13.2 Å². The number of amides is 2. The van der Waals surface area contributed by atoms with E-state index in [-0.39, 0.29) is 29.8 Å². The van der Waals surface area contributed by atoms with Crippen LogP contribution < -0.4 is 20.7 Å². The van der Waals surface area contributed by atoms with Crippen LogP contribution in [0.4, 0.5) is 18.9 Å². The number of nitrogens with one attached hydrogen (secondary N) is 4. The number of aromatic nitrogens is 3. The lowest BCUT2D eigenvalue weighted by Crippen LogP contribution is -2.59. The second-order valence-electron chi connectivity index (χ2n) is 15.7. The maximum atomic E-state index is 14.7. The molecule has 0 fully saturated rings. The summed E-state index contributed by atoms with van der Waals surface area (Å²) < 4.78 is 64.4. The Hall–Kier alpha value is -6.87. The molecule has 2 amide bonds. The van der Waals surface area contributed by atoms with E-state index in [1.54, 1.807) is 18.3 Å². The average Bonchev–Trinajstić information content (AvgIpc) is 4.05. The van der Waals surface area contributed by atoms with E-state index < -0.39 is 52.9 Å². The number of benzene rings is 4. The Balaban J connectivity index is 1.15. The summed E-state index contributed by atoms with van der Waals surface area (Å²) in [6.45, 7) is 3.65. The van der Waals surface area contributed by atoms with Crippen molar-refractivity contribution in [2.24, 2.45) is 5.92 Å². The molecule has 5 atom stereocenters. The van der Waals surface area contributed by atoms with Gasteiger partial charge in [0.1, 0.15) is 23.2 Å². The van der Waals surface area contributed by atoms with Crippen LogP contribution in [0.1, 0.15) is 53.8 Å². The van der Waals surface area contributed by atoms with Gasteiger partial charge in [0, 0.05) is 57.0 Å². The van der Waals surface area contributed by atoms with E-state index in [4.69, 9.17) is 23.5 Å². The number of aliphatic hydroxyl groups is 1. The van der Waals surface area contributed by atoms with Gasteiger partial charge in [-0.05, 0) is 29.2 Å². The van der Waals surface area contributed by atoms with Crippen LogP contribution >= 0.6 is 0 Å². The van der Waals surface area contributed by atoms with Gasteiger partial charge in [0.2, 0.25) is 17.7 Å². The van der Waals surface area contributed by atoms with Crippen molar-refractivity contribution in [3.8, 4) is 39.8 Å². The fraction of sp³-hybridized carbons (Fsp3) is 0.227. The molecule has 3 aromatic heterocycles. The molecule has 0 saturated heterocycles. The minimum atomic E-state index is -5.44. The highest BCUT2D eigenvalue weighted by Crippen LogP contribution is 2.61. The smallest absolute Gasteiger partial charge is 0.430 e. The predicted molar refractivity (Wildman–Crippen MR) is 207 cm³/mol. The van der Waals surface area contributed by atoms with Gasteiger partial charge in [0.15, 0.2) is 23.4 Å². The molecule has 5 N–H and O–H groups in total. The molecule has 12 nitrogen and oxygen atoms in total. The number of halogens is 3. The lowest BCUT2D eigenvalue weighted by Gasteiger charge is -2.32. The van der Waals surface area contributed by atoms with Gasteiger partial charge in [-0.3, -0.25) is 9.59 Å². The Labute approximate surface area is 332 Å². The highest BCUT2D eigenvalue weighted by molar-refractivity contribution is 6.07. The SMILES string of the molecule is CC(C)C1NC(=O)C(NC(=O)C(O)(c2ccccc2)C(F)(F)F)Cc2ccc3c(c2)C24c5cccc(c5NC2O3)-c2cccc3[nH]cc(c23)-c2cnc(o2)-c2nc1oc24. The Morgan fingerprint density at radius 2 is 1.75 bits per heavy atom. The van der Waals surface area contributed by atoms with Crippen LogP contribution in [0, 0.1) is 5.92 Å². The first-order valence-electron chi connectivity index (χ1n) is 19.1. The zero-order valence-corrected chi connectivity index (χ0v) is 31.3. The standard InChI is InChI=1S/C44H33F3N6O6/c1-20(2)33-39-52-35-36(59-39)42-26-12-6-11-24(23-10-7-13-28-32(23)25(18-48-28)31-19-49-38(35)57-31)34(26)53-41(42)58-30-15-14-21(16-27(30)42)17-29(37(54)51-33)50-40(55)43(56,44(45,46)47)22-8-4-3-5-9-22/h3-16,18-20,29,33,41,48,53,56H,17H2,1-2H3,(H,50,55)(H,51,54). The van der Waals surface area contributed by atoms with Crippen LogP contribution in [0.2, 0.25) is 0 Å². The number of para-hydroxylation sites is 1. The number of oxazole rings is 2. The monoisotopic (exact) mass is 798 g/mol. The summed E-state index contributed by atoms with van der Waals surface area (Å²) >= 11 is 0. The zero-order chi connectivity index (χ0) is 40.6. The summed E-state index contributed by atoms with van der Waals surface area (Å²) in [4.78, 5) is 41.3. The normalized spacial score (nSPS) is 22.0. The quantitative estimate of drug-likeness (QED) is 0.123. The van der Waals surface area contributed by atoms with Gasteiger partial charge in [0.05, 0.1) is 6.20 Å². The molecule has 7 heterocycles. The highest BCUT2D eigenvalue weighted by atomic mass is 19.4. The summed E-state index contributed by atoms with van der Waals surface area (Å²) in [6.07, 6.45) is -2.97. The number of rotatable bonds is 4. The highest BCUT2D eigenvalue weighted by Gasteiger charge is 2.63. The number of carbonyl (C=O) groups excluding carboxylic acids is 2. The van der Waals surface area contributed by atoms with E-state index in [1.165, 1.54) is 18.2 Å². The first-order valence-corrected chi connectivity index (χ1v) is 19.1. The van der Waals surface area contributed by atoms with Crippen molar-refractivity contribution in [1.82, 2.24) is 25.6 Å². The number of H-pyrrole nitrogens is 1. The van der Waals surface area contributed by atoms with Gasteiger partial charge in [-0.25, -0.2) is 9.97 Å². The van der Waals surface area contributed by atoms with Crippen molar-refractivity contribution in [3.63, 3.8) is 0 Å². The van der Waals surface area contributed by atoms with Crippen LogP contribution in [0.5, 0.6) is 5.75 Å². The fourth-order valence-corrected chi connectivity index (χ4v) is 9.22. The Morgan fingerprint density at radius 1 is 0.949 bits per heavy atom. The fourth-order valence-electron chi connectivity index (χ4n) is 9.22. The lowest BCUT2D eigenvalue weighted by atomic mass is 9.72. The summed E-state index contributed by atoms with van der Waals surface area (Å²) in [5.41, 5.74) is 0.541. The van der Waals surface area contributed by atoms with Crippen molar-refractivity contribution in [2.45, 2.75) is 55.8 Å². The molecule has 5 unspecified atom stereocenters. The largest absolute Gasteiger partial charge is 0.469 e. The van der Waals surface area contributed by atoms with E-state index in [2.05, 4.69) is 20.9 Å². The molecule has 0 radical (unpaired) electrons. The number of anilines is 1. The van der Waals surface area contributed by atoms with E-state index in [0.717, 1.165) is 51.0 Å². The van der Waals surface area contributed by atoms with E-state index in [9.17, 15) is 27.9 Å². The number of fused-ring (bicyclic) bond motifs is 7. The Kier molecular flexibility index (Phi) is 7.23. The Bertz CT molecular complexity index is 2900. The van der Waals surface area contributed by atoms with Gasteiger partial charge < -0.3 is 39.6 Å². The number of carbonyl (C=O) groups is 2. The number of hydrogen-bond acceptors (Lipinski definition) is 9. The number of hydrogen-bond donors (Lipinski definition) is 5. The maximum absolute atomic E-state index is 14.7. The van der Waals surface area contributed by atoms with Crippen LogP contribution in [0.25, 0.3) is 44.9 Å². The third-order valence-electron chi connectivity index (χ3n) is 12.1. The molecule has 10 bridgehead atoms. The first-order chi connectivity index (χ1) is 28.4. The predicted octanol–water partition coefficient (Wildman–Crippen LogP) is 7.24. The van der Waals surface area contributed by atoms with Crippen LogP contribution in [0.15, 0.2) is 106 Å². The number of nitrogens with zero attached hydrogens (tertiary/aromatic N) is 2. The summed E-state index contributed by atoms with van der Waals surface area (Å²) in [5, 5.41) is 21.0. The molecule has 15 heteroatoms. The topological polar surface area (TPSA) is 168 Å². The molecule has 4 aliphatic rings. The molecule has 4 aliphatic heterocycles. The molecular weight excluding hydrogens is 766 g/mol. The molecule has 296 valence electrons. The van der Waals surface area contributed by atoms with Crippen molar-refractivity contribution in [2.75, 3.05) is 5.32 Å². The average molecular weight is 799 g/mol. The summed E-state index contributed by atoms with van der Waals surface area (Å²) in [7, 11) is 0. The molecule has 0 saturated carbocycles.